The summed E-state index contributed by atoms with van der Waals surface area (Å²) in [6.07, 6.45) is 3.65. The minimum atomic E-state index is 0.142. The summed E-state index contributed by atoms with van der Waals surface area (Å²) in [5.74, 6) is 1.65. The molecule has 1 aliphatic heterocycles. The van der Waals surface area contributed by atoms with E-state index in [0.717, 1.165) is 62.3 Å². The topological polar surface area (TPSA) is 63.2 Å². The van der Waals surface area contributed by atoms with Gasteiger partial charge in [0.1, 0.15) is 5.82 Å². The third-order valence-electron chi connectivity index (χ3n) is 4.20. The average Bonchev–Trinajstić information content (AvgIpc) is 2.67. The first-order valence-electron chi connectivity index (χ1n) is 8.68. The monoisotopic (exact) mass is 327 g/mol. The minimum Gasteiger partial charge on any atom is -0.378 e. The van der Waals surface area contributed by atoms with Crippen LogP contribution in [0, 0.1) is 0 Å². The summed E-state index contributed by atoms with van der Waals surface area (Å²) in [6.45, 7) is 7.40. The second-order valence-corrected chi connectivity index (χ2v) is 5.86. The van der Waals surface area contributed by atoms with Crippen molar-refractivity contribution in [2.45, 2.75) is 32.7 Å². The molecule has 3 heterocycles. The van der Waals surface area contributed by atoms with Gasteiger partial charge in [-0.05, 0) is 25.0 Å². The summed E-state index contributed by atoms with van der Waals surface area (Å²) in [7, 11) is 0. The van der Waals surface area contributed by atoms with Gasteiger partial charge in [0.15, 0.2) is 0 Å². The SMILES string of the molecule is CCc1cc(N[C@H](CC)c2ccccn2)nc(N2CCOCC2)n1. The van der Waals surface area contributed by atoms with E-state index in [4.69, 9.17) is 9.72 Å². The molecule has 0 saturated carbocycles. The van der Waals surface area contributed by atoms with Gasteiger partial charge in [-0.3, -0.25) is 4.98 Å². The lowest BCUT2D eigenvalue weighted by Crippen LogP contribution is -2.37. The summed E-state index contributed by atoms with van der Waals surface area (Å²) in [5.41, 5.74) is 2.08. The van der Waals surface area contributed by atoms with E-state index in [1.807, 2.05) is 30.5 Å². The van der Waals surface area contributed by atoms with E-state index in [-0.39, 0.29) is 6.04 Å². The number of aryl methyl sites for hydroxylation is 1. The molecule has 24 heavy (non-hydrogen) atoms. The molecule has 0 bridgehead atoms. The zero-order valence-corrected chi connectivity index (χ0v) is 14.4. The van der Waals surface area contributed by atoms with Crippen LogP contribution in [-0.2, 0) is 11.2 Å². The van der Waals surface area contributed by atoms with Gasteiger partial charge >= 0.3 is 0 Å². The predicted octanol–water partition coefficient (Wildman–Crippen LogP) is 2.83. The molecule has 0 unspecified atom stereocenters. The number of hydrogen-bond acceptors (Lipinski definition) is 6. The van der Waals surface area contributed by atoms with Gasteiger partial charge in [0.25, 0.3) is 0 Å². The molecule has 6 nitrogen and oxygen atoms in total. The maximum atomic E-state index is 5.43. The van der Waals surface area contributed by atoms with Crippen LogP contribution in [0.5, 0.6) is 0 Å². The smallest absolute Gasteiger partial charge is 0.227 e. The number of anilines is 2. The van der Waals surface area contributed by atoms with Crippen LogP contribution in [0.2, 0.25) is 0 Å². The molecule has 0 radical (unpaired) electrons. The predicted molar refractivity (Wildman–Crippen MR) is 95.3 cm³/mol. The van der Waals surface area contributed by atoms with Crippen molar-refractivity contribution in [2.75, 3.05) is 36.5 Å². The molecule has 0 aliphatic carbocycles. The van der Waals surface area contributed by atoms with Crippen LogP contribution in [0.4, 0.5) is 11.8 Å². The Balaban J connectivity index is 1.83. The Kier molecular flexibility index (Phi) is 5.59. The van der Waals surface area contributed by atoms with Gasteiger partial charge in [0.05, 0.1) is 24.9 Å². The highest BCUT2D eigenvalue weighted by Gasteiger charge is 2.17. The van der Waals surface area contributed by atoms with Crippen molar-refractivity contribution in [2.24, 2.45) is 0 Å². The van der Waals surface area contributed by atoms with E-state index in [0.29, 0.717) is 0 Å². The van der Waals surface area contributed by atoms with Crippen molar-refractivity contribution in [1.29, 1.82) is 0 Å². The molecule has 1 fully saturated rings. The second-order valence-electron chi connectivity index (χ2n) is 5.86. The number of hydrogen-bond donors (Lipinski definition) is 1. The number of pyridine rings is 1. The van der Waals surface area contributed by atoms with Crippen LogP contribution >= 0.6 is 0 Å². The molecule has 128 valence electrons. The van der Waals surface area contributed by atoms with Crippen LogP contribution in [0.15, 0.2) is 30.5 Å². The number of nitrogens with zero attached hydrogens (tertiary/aromatic N) is 4. The molecular weight excluding hydrogens is 302 g/mol. The average molecular weight is 327 g/mol. The summed E-state index contributed by atoms with van der Waals surface area (Å²) < 4.78 is 5.43. The number of nitrogens with one attached hydrogen (secondary N) is 1. The molecule has 1 saturated heterocycles. The first-order valence-corrected chi connectivity index (χ1v) is 8.68. The Hall–Kier alpha value is -2.21. The molecule has 1 aliphatic rings. The minimum absolute atomic E-state index is 0.142. The molecule has 1 N–H and O–H groups in total. The van der Waals surface area contributed by atoms with E-state index in [1.165, 1.54) is 0 Å². The van der Waals surface area contributed by atoms with Crippen molar-refractivity contribution in [3.8, 4) is 0 Å². The van der Waals surface area contributed by atoms with Crippen LogP contribution in [0.3, 0.4) is 0 Å². The molecule has 6 heteroatoms. The van der Waals surface area contributed by atoms with Crippen molar-refractivity contribution in [1.82, 2.24) is 15.0 Å². The molecule has 1 atom stereocenters. The Morgan fingerprint density at radius 3 is 2.71 bits per heavy atom. The molecule has 0 amide bonds. The quantitative estimate of drug-likeness (QED) is 0.880. The van der Waals surface area contributed by atoms with Crippen LogP contribution < -0.4 is 10.2 Å². The van der Waals surface area contributed by atoms with E-state index < -0.39 is 0 Å². The first kappa shape index (κ1) is 16.6. The third-order valence-corrected chi connectivity index (χ3v) is 4.20. The normalized spacial score (nSPS) is 16.0. The Morgan fingerprint density at radius 1 is 1.21 bits per heavy atom. The van der Waals surface area contributed by atoms with Crippen molar-refractivity contribution < 1.29 is 4.74 Å². The molecule has 2 aromatic heterocycles. The lowest BCUT2D eigenvalue weighted by molar-refractivity contribution is 0.122. The van der Waals surface area contributed by atoms with Gasteiger partial charge in [-0.2, -0.15) is 4.98 Å². The van der Waals surface area contributed by atoms with Gasteiger partial charge in [-0.15, -0.1) is 0 Å². The van der Waals surface area contributed by atoms with Crippen LogP contribution in [0.25, 0.3) is 0 Å². The van der Waals surface area contributed by atoms with Gasteiger partial charge in [-0.25, -0.2) is 4.98 Å². The second kappa shape index (κ2) is 8.06. The Morgan fingerprint density at radius 2 is 2.04 bits per heavy atom. The lowest BCUT2D eigenvalue weighted by Gasteiger charge is -2.27. The highest BCUT2D eigenvalue weighted by Crippen LogP contribution is 2.22. The standard InChI is InChI=1S/C18H25N5O/c1-3-14-13-17(21-15(4-2)16-7-5-6-8-19-16)22-18(20-14)23-9-11-24-12-10-23/h5-8,13,15H,3-4,9-12H2,1-2H3,(H,20,21,22)/t15-/m1/s1. The zero-order chi connectivity index (χ0) is 16.8. The van der Waals surface area contributed by atoms with E-state index in [1.54, 1.807) is 0 Å². The highest BCUT2D eigenvalue weighted by atomic mass is 16.5. The third kappa shape index (κ3) is 4.00. The fourth-order valence-corrected chi connectivity index (χ4v) is 2.79. The number of ether oxygens (including phenoxy) is 1. The van der Waals surface area contributed by atoms with Crippen LogP contribution in [-0.4, -0.2) is 41.3 Å². The van der Waals surface area contributed by atoms with Gasteiger partial charge in [-0.1, -0.05) is 19.9 Å². The van der Waals surface area contributed by atoms with E-state index in [9.17, 15) is 0 Å². The maximum absolute atomic E-state index is 5.43. The molecule has 0 spiro atoms. The summed E-state index contributed by atoms with van der Waals surface area (Å²) >= 11 is 0. The Bertz CT molecular complexity index is 643. The number of morpholine rings is 1. The molecule has 3 rings (SSSR count). The largest absolute Gasteiger partial charge is 0.378 e. The molecular formula is C18H25N5O. The summed E-state index contributed by atoms with van der Waals surface area (Å²) in [6, 6.07) is 8.18. The van der Waals surface area contributed by atoms with Crippen LogP contribution in [0.1, 0.15) is 37.7 Å². The maximum Gasteiger partial charge on any atom is 0.227 e. The summed E-state index contributed by atoms with van der Waals surface area (Å²) in [4.78, 5) is 16.1. The van der Waals surface area contributed by atoms with Gasteiger partial charge in [0.2, 0.25) is 5.95 Å². The highest BCUT2D eigenvalue weighted by molar-refractivity contribution is 5.45. The number of aromatic nitrogens is 3. The van der Waals surface area contributed by atoms with Crippen molar-refractivity contribution in [3.05, 3.63) is 41.9 Å². The zero-order valence-electron chi connectivity index (χ0n) is 14.4. The summed E-state index contributed by atoms with van der Waals surface area (Å²) in [5, 5.41) is 3.53. The molecule has 2 aromatic rings. The van der Waals surface area contributed by atoms with E-state index in [2.05, 4.69) is 34.0 Å². The van der Waals surface area contributed by atoms with Gasteiger partial charge < -0.3 is 15.0 Å². The Labute approximate surface area is 143 Å². The first-order chi connectivity index (χ1) is 11.8. The number of rotatable bonds is 6. The van der Waals surface area contributed by atoms with Gasteiger partial charge in [0, 0.05) is 31.0 Å². The van der Waals surface area contributed by atoms with E-state index >= 15 is 0 Å². The lowest BCUT2D eigenvalue weighted by atomic mass is 10.1. The fraction of sp³-hybridized carbons (Fsp3) is 0.500. The molecule has 0 aromatic carbocycles. The fourth-order valence-electron chi connectivity index (χ4n) is 2.79. The van der Waals surface area contributed by atoms with Crippen molar-refractivity contribution in [3.63, 3.8) is 0 Å². The van der Waals surface area contributed by atoms with Crippen molar-refractivity contribution >= 4 is 11.8 Å².